The van der Waals surface area contributed by atoms with Crippen molar-refractivity contribution in [3.63, 3.8) is 0 Å². The Kier molecular flexibility index (Phi) is 4.01. The number of halogens is 1. The highest BCUT2D eigenvalue weighted by atomic mass is 32.1. The van der Waals surface area contributed by atoms with Crippen molar-refractivity contribution >= 4 is 21.4 Å². The van der Waals surface area contributed by atoms with Crippen LogP contribution in [-0.2, 0) is 6.42 Å². The second-order valence-corrected chi connectivity index (χ2v) is 6.36. The molecule has 3 rings (SSSR count). The van der Waals surface area contributed by atoms with Crippen LogP contribution in [0.5, 0.6) is 0 Å². The third kappa shape index (κ3) is 3.13. The van der Waals surface area contributed by atoms with Crippen molar-refractivity contribution in [1.82, 2.24) is 5.43 Å². The molecule has 4 heteroatoms. The van der Waals surface area contributed by atoms with Crippen LogP contribution in [0, 0.1) is 12.7 Å². The van der Waals surface area contributed by atoms with Crippen molar-refractivity contribution in [2.45, 2.75) is 19.4 Å². The highest BCUT2D eigenvalue weighted by molar-refractivity contribution is 7.19. The van der Waals surface area contributed by atoms with Gasteiger partial charge in [-0.1, -0.05) is 35.9 Å². The van der Waals surface area contributed by atoms with Gasteiger partial charge in [-0.3, -0.25) is 11.3 Å². The summed E-state index contributed by atoms with van der Waals surface area (Å²) in [5.41, 5.74) is 5.35. The minimum absolute atomic E-state index is 0.0353. The Balaban J connectivity index is 1.88. The molecule has 1 atom stereocenters. The fourth-order valence-electron chi connectivity index (χ4n) is 2.40. The molecule has 3 aromatic rings. The summed E-state index contributed by atoms with van der Waals surface area (Å²) >= 11 is 1.58. The molecule has 0 aliphatic carbocycles. The Labute approximate surface area is 127 Å². The highest BCUT2D eigenvalue weighted by Crippen LogP contribution is 2.31. The summed E-state index contributed by atoms with van der Waals surface area (Å²) in [6, 6.07) is 15.4. The maximum Gasteiger partial charge on any atom is 0.124 e. The van der Waals surface area contributed by atoms with Crippen molar-refractivity contribution in [2.75, 3.05) is 0 Å². The molecular weight excluding hydrogens is 283 g/mol. The smallest absolute Gasteiger partial charge is 0.124 e. The summed E-state index contributed by atoms with van der Waals surface area (Å²) in [5, 5.41) is 1.06. The third-order valence-corrected chi connectivity index (χ3v) is 4.82. The molecule has 0 saturated heterocycles. The third-order valence-electron chi connectivity index (χ3n) is 3.61. The molecule has 1 aromatic heterocycles. The standard InChI is InChI=1S/C17H17FN2S/c1-11-2-4-12(5-3-11)8-15(20-19)17-9-13-6-7-14(18)10-16(13)21-17/h2-7,9-10,15,20H,8,19H2,1H3. The van der Waals surface area contributed by atoms with Gasteiger partial charge >= 0.3 is 0 Å². The second kappa shape index (κ2) is 5.93. The quantitative estimate of drug-likeness (QED) is 0.562. The van der Waals surface area contributed by atoms with E-state index in [1.807, 2.05) is 6.07 Å². The first kappa shape index (κ1) is 14.2. The van der Waals surface area contributed by atoms with E-state index in [1.54, 1.807) is 17.4 Å². The van der Waals surface area contributed by atoms with Crippen molar-refractivity contribution < 1.29 is 4.39 Å². The molecule has 0 radical (unpaired) electrons. The van der Waals surface area contributed by atoms with Crippen LogP contribution in [0.3, 0.4) is 0 Å². The molecule has 0 aliphatic heterocycles. The average Bonchev–Trinajstić information content (AvgIpc) is 2.89. The number of hydrazine groups is 1. The fraction of sp³-hybridized carbons (Fsp3) is 0.176. The molecule has 3 N–H and O–H groups in total. The first-order valence-corrected chi connectivity index (χ1v) is 7.68. The fourth-order valence-corrected chi connectivity index (χ4v) is 3.55. The van der Waals surface area contributed by atoms with Crippen molar-refractivity contribution in [1.29, 1.82) is 0 Å². The van der Waals surface area contributed by atoms with E-state index in [0.29, 0.717) is 0 Å². The van der Waals surface area contributed by atoms with Gasteiger partial charge in [-0.25, -0.2) is 4.39 Å². The minimum atomic E-state index is -0.202. The number of fused-ring (bicyclic) bond motifs is 1. The largest absolute Gasteiger partial charge is 0.271 e. The molecule has 0 saturated carbocycles. The molecule has 0 spiro atoms. The Morgan fingerprint density at radius 2 is 1.90 bits per heavy atom. The van der Waals surface area contributed by atoms with Gasteiger partial charge in [0.05, 0.1) is 6.04 Å². The molecule has 1 heterocycles. The predicted octanol–water partition coefficient (Wildman–Crippen LogP) is 4.10. The molecule has 0 amide bonds. The first-order valence-electron chi connectivity index (χ1n) is 6.86. The number of rotatable bonds is 4. The number of nitrogens with one attached hydrogen (secondary N) is 1. The molecule has 0 aliphatic rings. The SMILES string of the molecule is Cc1ccc(CC(NN)c2cc3ccc(F)cc3s2)cc1. The minimum Gasteiger partial charge on any atom is -0.271 e. The van der Waals surface area contributed by atoms with E-state index in [9.17, 15) is 4.39 Å². The number of thiophene rings is 1. The molecule has 1 unspecified atom stereocenters. The van der Waals surface area contributed by atoms with Crippen LogP contribution < -0.4 is 11.3 Å². The van der Waals surface area contributed by atoms with Gasteiger partial charge in [-0.2, -0.15) is 0 Å². The number of nitrogens with two attached hydrogens (primary N) is 1. The number of hydrogen-bond donors (Lipinski definition) is 2. The van der Waals surface area contributed by atoms with E-state index < -0.39 is 0 Å². The summed E-state index contributed by atoms with van der Waals surface area (Å²) in [5.74, 6) is 5.51. The topological polar surface area (TPSA) is 38.0 Å². The molecule has 2 aromatic carbocycles. The summed E-state index contributed by atoms with van der Waals surface area (Å²) in [6.45, 7) is 2.07. The van der Waals surface area contributed by atoms with Crippen LogP contribution in [-0.4, -0.2) is 0 Å². The van der Waals surface area contributed by atoms with Gasteiger partial charge < -0.3 is 0 Å². The van der Waals surface area contributed by atoms with Crippen LogP contribution in [0.15, 0.2) is 48.5 Å². The van der Waals surface area contributed by atoms with Gasteiger partial charge in [0.1, 0.15) is 5.82 Å². The second-order valence-electron chi connectivity index (χ2n) is 5.24. The van der Waals surface area contributed by atoms with Gasteiger partial charge in [0, 0.05) is 9.58 Å². The summed E-state index contributed by atoms with van der Waals surface area (Å²) in [4.78, 5) is 1.12. The zero-order valence-corrected chi connectivity index (χ0v) is 12.6. The van der Waals surface area contributed by atoms with E-state index >= 15 is 0 Å². The molecule has 108 valence electrons. The summed E-state index contributed by atoms with van der Waals surface area (Å²) in [7, 11) is 0. The van der Waals surface area contributed by atoms with E-state index in [4.69, 9.17) is 5.84 Å². The van der Waals surface area contributed by atoms with E-state index in [2.05, 4.69) is 42.7 Å². The highest BCUT2D eigenvalue weighted by Gasteiger charge is 2.14. The van der Waals surface area contributed by atoms with Crippen molar-refractivity contribution in [3.05, 3.63) is 70.4 Å². The number of benzene rings is 2. The Bertz CT molecular complexity index is 749. The summed E-state index contributed by atoms with van der Waals surface area (Å²) < 4.78 is 14.2. The molecule has 0 bridgehead atoms. The van der Waals surface area contributed by atoms with Crippen molar-refractivity contribution in [2.24, 2.45) is 5.84 Å². The average molecular weight is 300 g/mol. The molecular formula is C17H17FN2S. The van der Waals surface area contributed by atoms with Gasteiger partial charge in [0.25, 0.3) is 0 Å². The molecule has 0 fully saturated rings. The Morgan fingerprint density at radius 3 is 2.62 bits per heavy atom. The van der Waals surface area contributed by atoms with Crippen molar-refractivity contribution in [3.8, 4) is 0 Å². The maximum absolute atomic E-state index is 13.3. The normalized spacial score (nSPS) is 12.7. The molecule has 21 heavy (non-hydrogen) atoms. The lowest BCUT2D eigenvalue weighted by Gasteiger charge is -2.14. The lowest BCUT2D eigenvalue weighted by Crippen LogP contribution is -2.28. The lowest BCUT2D eigenvalue weighted by atomic mass is 10.0. The van der Waals surface area contributed by atoms with Crippen LogP contribution >= 0.6 is 11.3 Å². The zero-order valence-electron chi connectivity index (χ0n) is 11.8. The number of aryl methyl sites for hydroxylation is 1. The lowest BCUT2D eigenvalue weighted by molar-refractivity contribution is 0.561. The number of hydrogen-bond acceptors (Lipinski definition) is 3. The van der Waals surface area contributed by atoms with Gasteiger partial charge in [-0.15, -0.1) is 11.3 Å². The van der Waals surface area contributed by atoms with Crippen LogP contribution in [0.1, 0.15) is 22.0 Å². The van der Waals surface area contributed by atoms with Crippen LogP contribution in [0.2, 0.25) is 0 Å². The zero-order chi connectivity index (χ0) is 14.8. The Morgan fingerprint density at radius 1 is 1.14 bits per heavy atom. The van der Waals surface area contributed by atoms with E-state index in [1.165, 1.54) is 17.2 Å². The predicted molar refractivity (Wildman–Crippen MR) is 86.7 cm³/mol. The van der Waals surface area contributed by atoms with Crippen LogP contribution in [0.25, 0.3) is 10.1 Å². The van der Waals surface area contributed by atoms with Gasteiger partial charge in [0.2, 0.25) is 0 Å². The Hall–Kier alpha value is -1.75. The van der Waals surface area contributed by atoms with Gasteiger partial charge in [-0.05, 0) is 42.5 Å². The van der Waals surface area contributed by atoms with E-state index in [-0.39, 0.29) is 11.9 Å². The monoisotopic (exact) mass is 300 g/mol. The van der Waals surface area contributed by atoms with Gasteiger partial charge in [0.15, 0.2) is 0 Å². The molecule has 2 nitrogen and oxygen atoms in total. The maximum atomic E-state index is 13.3. The summed E-state index contributed by atoms with van der Waals surface area (Å²) in [6.07, 6.45) is 0.812. The van der Waals surface area contributed by atoms with Crippen LogP contribution in [0.4, 0.5) is 4.39 Å². The first-order chi connectivity index (χ1) is 10.2. The van der Waals surface area contributed by atoms with E-state index in [0.717, 1.165) is 21.4 Å².